The molecule has 0 spiro atoms. The van der Waals surface area contributed by atoms with Crippen molar-refractivity contribution in [2.45, 2.75) is 31.1 Å². The highest BCUT2D eigenvalue weighted by molar-refractivity contribution is 8.08. The largest absolute Gasteiger partial charge is 0.488 e. The molecule has 0 saturated carbocycles. The van der Waals surface area contributed by atoms with Gasteiger partial charge < -0.3 is 39.9 Å². The number of aliphatic hydroxyl groups is 2. The van der Waals surface area contributed by atoms with E-state index in [1.807, 2.05) is 0 Å². The summed E-state index contributed by atoms with van der Waals surface area (Å²) < 4.78 is 49.2. The topological polar surface area (TPSA) is 294 Å². The summed E-state index contributed by atoms with van der Waals surface area (Å²) in [6, 6.07) is 4.76. The van der Waals surface area contributed by atoms with Gasteiger partial charge in [-0.05, 0) is 17.4 Å². The van der Waals surface area contributed by atoms with E-state index in [0.717, 1.165) is 18.5 Å². The van der Waals surface area contributed by atoms with Crippen LogP contribution in [0.2, 0.25) is 0 Å². The fraction of sp³-hybridized carbons (Fsp3) is 0.353. The van der Waals surface area contributed by atoms with E-state index in [9.17, 15) is 44.1 Å². The molecule has 1 saturated heterocycles. The van der Waals surface area contributed by atoms with Crippen LogP contribution in [0.25, 0.3) is 11.2 Å². The number of phosphoric acid groups is 2. The number of nitro benzene ring substituents is 1. The molecular weight excluding hydrogens is 637 g/mol. The van der Waals surface area contributed by atoms with Gasteiger partial charge in [0.2, 0.25) is 0 Å². The fourth-order valence-corrected chi connectivity index (χ4v) is 8.00. The summed E-state index contributed by atoms with van der Waals surface area (Å²) >= 11 is 4.64. The third kappa shape index (κ3) is 7.75. The second-order valence-electron chi connectivity index (χ2n) is 8.19. The van der Waals surface area contributed by atoms with Crippen molar-refractivity contribution in [2.75, 3.05) is 12.3 Å². The monoisotopic (exact) mass is 658 g/mol. The van der Waals surface area contributed by atoms with Crippen molar-refractivity contribution in [1.82, 2.24) is 19.5 Å². The summed E-state index contributed by atoms with van der Waals surface area (Å²) in [5, 5.41) is 31.7. The van der Waals surface area contributed by atoms with Gasteiger partial charge in [0.15, 0.2) is 17.7 Å². The minimum absolute atomic E-state index is 0.0524. The molecule has 0 amide bonds. The molecule has 1 aliphatic rings. The molecule has 7 N–H and O–H groups in total. The molecule has 2 aromatic heterocycles. The molecule has 4 rings (SSSR count). The minimum Gasteiger partial charge on any atom is -0.387 e. The average Bonchev–Trinajstić information content (AvgIpc) is 3.42. The quantitative estimate of drug-likeness (QED) is 0.0882. The lowest BCUT2D eigenvalue weighted by atomic mass is 10.1. The number of hydrogen-bond acceptors (Lipinski definition) is 16. The Kier molecular flexibility index (Phi) is 9.34. The number of phosphoric ester groups is 1. The smallest absolute Gasteiger partial charge is 0.387 e. The van der Waals surface area contributed by atoms with Crippen LogP contribution in [0.5, 0.6) is 0 Å². The fourth-order valence-electron chi connectivity index (χ4n) is 3.56. The first-order valence-corrected chi connectivity index (χ1v) is 16.5. The van der Waals surface area contributed by atoms with Crippen LogP contribution < -0.4 is 5.73 Å². The SMILES string of the molecule is Nc1ncnc2c1ncn2[C@@H]1O[C@H](COP(O)(=S)OP(=O)(O)OP(=O)(O)OCc2cccc([N+](=O)[O-])c2)[C@@H](O)[C@H]1O. The van der Waals surface area contributed by atoms with Crippen molar-refractivity contribution in [3.05, 3.63) is 52.6 Å². The predicted octanol–water partition coefficient (Wildman–Crippen LogP) is 0.620. The van der Waals surface area contributed by atoms with E-state index in [1.165, 1.54) is 23.0 Å². The number of nitro groups is 1. The van der Waals surface area contributed by atoms with Crippen LogP contribution in [0.15, 0.2) is 36.9 Å². The first-order valence-electron chi connectivity index (χ1n) is 11.0. The van der Waals surface area contributed by atoms with Gasteiger partial charge in [-0.1, -0.05) is 12.1 Å². The lowest BCUT2D eigenvalue weighted by molar-refractivity contribution is -0.384. The molecule has 0 radical (unpaired) electrons. The molecule has 7 atom stereocenters. The maximum atomic E-state index is 12.2. The third-order valence-electron chi connectivity index (χ3n) is 5.33. The molecule has 1 aliphatic heterocycles. The van der Waals surface area contributed by atoms with Crippen LogP contribution in [0.3, 0.4) is 0 Å². The molecule has 3 heterocycles. The molecule has 1 aromatic carbocycles. The highest BCUT2D eigenvalue weighted by Crippen LogP contribution is 2.68. The molecule has 1 fully saturated rings. The molecule has 41 heavy (non-hydrogen) atoms. The number of nitrogen functional groups attached to an aromatic ring is 1. The number of imidazole rings is 1. The number of benzene rings is 1. The standard InChI is InChI=1S/C17H21N6O14P3S/c18-15-12-16(20-7-19-15)22(8-21-12)17-14(25)13(24)11(35-17)6-34-40(32,41)37-39(30,31)36-38(28,29)33-5-9-2-1-3-10(4-9)23(26)27/h1-4,7-8,11,13-14,17,24-25H,5-6H2,(H,28,29)(H,30,31)(H,32,41)(H2,18,19,20)/t11-,13-,14-,17-,40?/m1/s1. The van der Waals surface area contributed by atoms with Crippen molar-refractivity contribution in [1.29, 1.82) is 0 Å². The van der Waals surface area contributed by atoms with E-state index >= 15 is 0 Å². The number of rotatable bonds is 12. The van der Waals surface area contributed by atoms with Crippen molar-refractivity contribution in [3.8, 4) is 0 Å². The van der Waals surface area contributed by atoms with E-state index in [-0.39, 0.29) is 28.2 Å². The van der Waals surface area contributed by atoms with E-state index < -0.39 is 65.0 Å². The van der Waals surface area contributed by atoms with Crippen LogP contribution in [0, 0.1) is 10.1 Å². The van der Waals surface area contributed by atoms with Gasteiger partial charge >= 0.3 is 22.4 Å². The highest BCUT2D eigenvalue weighted by Gasteiger charge is 2.46. The van der Waals surface area contributed by atoms with Crippen LogP contribution >= 0.6 is 22.4 Å². The number of ether oxygens (including phenoxy) is 1. The molecule has 0 aliphatic carbocycles. The van der Waals surface area contributed by atoms with Gasteiger partial charge in [-0.15, -0.1) is 0 Å². The number of hydrogen-bond donors (Lipinski definition) is 6. The Bertz CT molecular complexity index is 1590. The first-order chi connectivity index (χ1) is 19.1. The first kappa shape index (κ1) is 31.6. The van der Waals surface area contributed by atoms with Crippen molar-refractivity contribution in [2.24, 2.45) is 0 Å². The number of nitrogens with two attached hydrogens (primary N) is 1. The number of non-ortho nitro benzene ring substituents is 1. The Labute approximate surface area is 233 Å². The van der Waals surface area contributed by atoms with E-state index in [0.29, 0.717) is 0 Å². The lowest BCUT2D eigenvalue weighted by Gasteiger charge is -2.22. The number of aromatic nitrogens is 4. The lowest BCUT2D eigenvalue weighted by Crippen LogP contribution is -2.33. The van der Waals surface area contributed by atoms with Crippen LogP contribution in [-0.4, -0.2) is 74.3 Å². The summed E-state index contributed by atoms with van der Waals surface area (Å²) in [7, 11) is -11.0. The van der Waals surface area contributed by atoms with Gasteiger partial charge in [0.05, 0.1) is 24.5 Å². The van der Waals surface area contributed by atoms with Crippen molar-refractivity contribution in [3.63, 3.8) is 0 Å². The number of nitrogens with zero attached hydrogens (tertiary/aromatic N) is 5. The second kappa shape index (κ2) is 12.1. The van der Waals surface area contributed by atoms with Crippen LogP contribution in [0.1, 0.15) is 11.8 Å². The van der Waals surface area contributed by atoms with E-state index in [2.05, 4.69) is 39.9 Å². The predicted molar refractivity (Wildman–Crippen MR) is 138 cm³/mol. The summed E-state index contributed by atoms with van der Waals surface area (Å²) in [6.45, 7) is -6.25. The summed E-state index contributed by atoms with van der Waals surface area (Å²) in [5.74, 6) is 0.0531. The molecule has 20 nitrogen and oxygen atoms in total. The van der Waals surface area contributed by atoms with Gasteiger partial charge in [-0.2, -0.15) is 4.31 Å². The molecule has 24 heteroatoms. The van der Waals surface area contributed by atoms with Gasteiger partial charge in [0, 0.05) is 12.1 Å². The van der Waals surface area contributed by atoms with Crippen molar-refractivity contribution >= 4 is 56.8 Å². The highest BCUT2D eigenvalue weighted by atomic mass is 32.5. The Morgan fingerprint density at radius 2 is 1.83 bits per heavy atom. The molecule has 3 aromatic rings. The maximum absolute atomic E-state index is 12.2. The van der Waals surface area contributed by atoms with Crippen LogP contribution in [0.4, 0.5) is 11.5 Å². The van der Waals surface area contributed by atoms with Gasteiger partial charge in [-0.3, -0.25) is 19.2 Å². The van der Waals surface area contributed by atoms with Gasteiger partial charge in [-0.25, -0.2) is 28.4 Å². The zero-order valence-corrected chi connectivity index (χ0v) is 23.7. The Morgan fingerprint density at radius 3 is 2.54 bits per heavy atom. The Balaban J connectivity index is 1.34. The molecule has 3 unspecified atom stereocenters. The van der Waals surface area contributed by atoms with E-state index in [1.54, 1.807) is 0 Å². The molecule has 0 bridgehead atoms. The minimum atomic E-state index is -5.62. The molecular formula is C17H21N6O14P3S. The maximum Gasteiger partial charge on any atom is 0.488 e. The number of anilines is 1. The van der Waals surface area contributed by atoms with Crippen LogP contribution in [-0.2, 0) is 49.9 Å². The Hall–Kier alpha value is -2.32. The van der Waals surface area contributed by atoms with Crippen molar-refractivity contribution < 1.29 is 61.4 Å². The summed E-state index contributed by atoms with van der Waals surface area (Å²) in [5.41, 5.74) is 5.81. The summed E-state index contributed by atoms with van der Waals surface area (Å²) in [4.78, 5) is 51.8. The number of aliphatic hydroxyl groups excluding tert-OH is 2. The zero-order valence-electron chi connectivity index (χ0n) is 20.2. The number of fused-ring (bicyclic) bond motifs is 1. The molecule has 224 valence electrons. The summed E-state index contributed by atoms with van der Waals surface area (Å²) in [6.07, 6.45) is -3.44. The average molecular weight is 658 g/mol. The zero-order chi connectivity index (χ0) is 30.2. The third-order valence-corrected chi connectivity index (χ3v) is 10.5. The van der Waals surface area contributed by atoms with E-state index in [4.69, 9.17) is 15.0 Å². The van der Waals surface area contributed by atoms with Gasteiger partial charge in [0.1, 0.15) is 30.2 Å². The second-order valence-corrected chi connectivity index (χ2v) is 14.2. The Morgan fingerprint density at radius 1 is 1.10 bits per heavy atom. The van der Waals surface area contributed by atoms with Gasteiger partial charge in [0.25, 0.3) is 5.69 Å². The normalized spacial score (nSPS) is 25.4.